The summed E-state index contributed by atoms with van der Waals surface area (Å²) in [5.41, 5.74) is 0. The lowest BCUT2D eigenvalue weighted by atomic mass is 10.3. The van der Waals surface area contributed by atoms with Crippen LogP contribution >= 0.6 is 16.5 Å². The molecule has 0 nitrogen and oxygen atoms in total. The molecule has 2 atom stereocenters. The molecule has 0 aliphatic heterocycles. The van der Waals surface area contributed by atoms with E-state index in [9.17, 15) is 0 Å². The molecule has 0 fully saturated rings. The molecule has 0 N–H and O–H groups in total. The van der Waals surface area contributed by atoms with Crippen molar-refractivity contribution >= 4 is 16.5 Å². The highest BCUT2D eigenvalue weighted by Crippen LogP contribution is 2.34. The van der Waals surface area contributed by atoms with Gasteiger partial charge in [0.25, 0.3) is 0 Å². The van der Waals surface area contributed by atoms with Gasteiger partial charge in [0.1, 0.15) is 0 Å². The predicted octanol–water partition coefficient (Wildman–Crippen LogP) is 2.54. The van der Waals surface area contributed by atoms with Gasteiger partial charge in [-0.2, -0.15) is 0 Å². The minimum atomic E-state index is 0.922. The first-order chi connectivity index (χ1) is 3.27. The normalized spacial score (nSPS) is 13.7. The van der Waals surface area contributed by atoms with Crippen molar-refractivity contribution in [3.05, 3.63) is 0 Å². The summed E-state index contributed by atoms with van der Waals surface area (Å²) < 4.78 is 0. The Hall–Kier alpha value is 0.860. The van der Waals surface area contributed by atoms with Crippen LogP contribution in [-0.4, -0.2) is 12.8 Å². The zero-order valence-corrected chi connectivity index (χ0v) is 7.28. The molecule has 0 heterocycles. The zero-order valence-electron chi connectivity index (χ0n) is 5.28. The van der Waals surface area contributed by atoms with Gasteiger partial charge in [0, 0.05) is 0 Å². The van der Waals surface area contributed by atoms with Crippen LogP contribution in [0.25, 0.3) is 0 Å². The quantitative estimate of drug-likeness (QED) is 0.523. The summed E-state index contributed by atoms with van der Waals surface area (Å²) in [5.74, 6) is 0.922. The maximum absolute atomic E-state index is 2.28. The number of hydrogen-bond donors (Lipinski definition) is 0. The monoisotopic (exact) mass is 136 g/mol. The Morgan fingerprint density at radius 2 is 2.00 bits per heavy atom. The highest BCUT2D eigenvalue weighted by molar-refractivity contribution is 8.11. The van der Waals surface area contributed by atoms with Gasteiger partial charge in [0.2, 0.25) is 0 Å². The third-order valence-electron chi connectivity index (χ3n) is 0.687. The summed E-state index contributed by atoms with van der Waals surface area (Å²) in [4.78, 5) is 0. The molecule has 44 valence electrons. The Morgan fingerprint density at radius 3 is 2.14 bits per heavy atom. The van der Waals surface area contributed by atoms with Crippen LogP contribution in [0.15, 0.2) is 0 Å². The van der Waals surface area contributed by atoms with E-state index in [-0.39, 0.29) is 0 Å². The van der Waals surface area contributed by atoms with Crippen LogP contribution in [0, 0.1) is 5.92 Å². The molecule has 0 saturated heterocycles. The van der Waals surface area contributed by atoms with Crippen LogP contribution in [0.3, 0.4) is 0 Å². The molecule has 0 aromatic rings. The SMILES string of the molecule is CPPCC(C)C. The molecule has 0 aliphatic carbocycles. The van der Waals surface area contributed by atoms with Crippen LogP contribution in [-0.2, 0) is 0 Å². The van der Waals surface area contributed by atoms with Gasteiger partial charge < -0.3 is 0 Å². The van der Waals surface area contributed by atoms with E-state index in [0.717, 1.165) is 5.92 Å². The smallest absolute Gasteiger partial charge is 0.0294 e. The molecular weight excluding hydrogens is 122 g/mol. The summed E-state index contributed by atoms with van der Waals surface area (Å²) in [6.07, 6.45) is 1.44. The molecule has 0 aliphatic rings. The molecule has 0 radical (unpaired) electrons. The summed E-state index contributed by atoms with van der Waals surface area (Å²) >= 11 is 0. The summed E-state index contributed by atoms with van der Waals surface area (Å²) in [7, 11) is 2.40. The lowest BCUT2D eigenvalue weighted by Gasteiger charge is -1.99. The highest BCUT2D eigenvalue weighted by Gasteiger charge is 1.88. The molecular formula is C5H14P2. The maximum atomic E-state index is 2.28. The largest absolute Gasteiger partial charge is 0.102 e. The summed E-state index contributed by atoms with van der Waals surface area (Å²) in [5, 5.41) is 0. The molecule has 0 bridgehead atoms. The first-order valence-electron chi connectivity index (χ1n) is 2.67. The van der Waals surface area contributed by atoms with Gasteiger partial charge in [0.05, 0.1) is 0 Å². The maximum Gasteiger partial charge on any atom is -0.0294 e. The van der Waals surface area contributed by atoms with Crippen LogP contribution in [0.5, 0.6) is 0 Å². The second-order valence-electron chi connectivity index (χ2n) is 2.02. The van der Waals surface area contributed by atoms with E-state index in [1.54, 1.807) is 0 Å². The lowest BCUT2D eigenvalue weighted by Crippen LogP contribution is -1.84. The van der Waals surface area contributed by atoms with Crippen molar-refractivity contribution in [3.63, 3.8) is 0 Å². The third-order valence-corrected chi connectivity index (χ3v) is 3.73. The molecule has 2 heteroatoms. The first-order valence-corrected chi connectivity index (χ1v) is 6.37. The topological polar surface area (TPSA) is 0 Å². The van der Waals surface area contributed by atoms with E-state index < -0.39 is 0 Å². The first kappa shape index (κ1) is 7.86. The van der Waals surface area contributed by atoms with Gasteiger partial charge in [0.15, 0.2) is 0 Å². The Morgan fingerprint density at radius 1 is 1.43 bits per heavy atom. The Kier molecular flexibility index (Phi) is 5.62. The number of hydrogen-bond acceptors (Lipinski definition) is 0. The van der Waals surface area contributed by atoms with Crippen molar-refractivity contribution in [2.45, 2.75) is 13.8 Å². The fourth-order valence-corrected chi connectivity index (χ4v) is 2.76. The predicted molar refractivity (Wildman–Crippen MR) is 42.3 cm³/mol. The van der Waals surface area contributed by atoms with E-state index in [2.05, 4.69) is 20.5 Å². The van der Waals surface area contributed by atoms with Crippen molar-refractivity contribution in [1.82, 2.24) is 0 Å². The molecule has 0 aromatic heterocycles. The minimum Gasteiger partial charge on any atom is -0.102 e. The Labute approximate surface area is 49.9 Å². The standard InChI is InChI=1S/C5H14P2/c1-5(2)4-7-6-3/h5-7H,4H2,1-3H3. The fraction of sp³-hybridized carbons (Fsp3) is 1.00. The van der Waals surface area contributed by atoms with Crippen LogP contribution in [0.1, 0.15) is 13.8 Å². The zero-order chi connectivity index (χ0) is 5.70. The van der Waals surface area contributed by atoms with Crippen molar-refractivity contribution in [2.75, 3.05) is 12.8 Å². The average Bonchev–Trinajstić information content (AvgIpc) is 1.61. The van der Waals surface area contributed by atoms with Gasteiger partial charge >= 0.3 is 0 Å². The summed E-state index contributed by atoms with van der Waals surface area (Å²) in [6, 6.07) is 0. The second-order valence-corrected chi connectivity index (χ2v) is 5.85. The van der Waals surface area contributed by atoms with Crippen molar-refractivity contribution < 1.29 is 0 Å². The van der Waals surface area contributed by atoms with Crippen molar-refractivity contribution in [2.24, 2.45) is 5.92 Å². The van der Waals surface area contributed by atoms with Crippen molar-refractivity contribution in [3.8, 4) is 0 Å². The fourth-order valence-electron chi connectivity index (χ4n) is 0.306. The molecule has 0 saturated carbocycles. The third kappa shape index (κ3) is 6.86. The number of rotatable bonds is 3. The lowest BCUT2D eigenvalue weighted by molar-refractivity contribution is 0.750. The van der Waals surface area contributed by atoms with Gasteiger partial charge in [-0.1, -0.05) is 22.1 Å². The van der Waals surface area contributed by atoms with Gasteiger partial charge in [-0.25, -0.2) is 0 Å². The van der Waals surface area contributed by atoms with Crippen LogP contribution in [0.2, 0.25) is 0 Å². The van der Waals surface area contributed by atoms with E-state index in [1.165, 1.54) is 22.7 Å². The van der Waals surface area contributed by atoms with E-state index in [1.807, 2.05) is 0 Å². The highest BCUT2D eigenvalue weighted by atomic mass is 32.0. The van der Waals surface area contributed by atoms with E-state index >= 15 is 0 Å². The molecule has 2 unspecified atom stereocenters. The van der Waals surface area contributed by atoms with Crippen LogP contribution < -0.4 is 0 Å². The van der Waals surface area contributed by atoms with Crippen LogP contribution in [0.4, 0.5) is 0 Å². The average molecular weight is 136 g/mol. The van der Waals surface area contributed by atoms with E-state index in [4.69, 9.17) is 0 Å². The molecule has 0 amide bonds. The molecule has 0 aromatic carbocycles. The molecule has 0 rings (SSSR count). The second kappa shape index (κ2) is 5.01. The van der Waals surface area contributed by atoms with Gasteiger partial charge in [-0.3, -0.25) is 0 Å². The van der Waals surface area contributed by atoms with Gasteiger partial charge in [-0.05, 0) is 18.7 Å². The Bertz CT molecular complexity index is 35.1. The van der Waals surface area contributed by atoms with E-state index in [0.29, 0.717) is 0 Å². The molecule has 0 spiro atoms. The molecule has 7 heavy (non-hydrogen) atoms. The summed E-state index contributed by atoms with van der Waals surface area (Å²) in [6.45, 7) is 6.85. The Balaban J connectivity index is 2.68. The van der Waals surface area contributed by atoms with Crippen molar-refractivity contribution in [1.29, 1.82) is 0 Å². The minimum absolute atomic E-state index is 0.922. The van der Waals surface area contributed by atoms with Gasteiger partial charge in [-0.15, -0.1) is 8.27 Å².